The molecule has 0 saturated heterocycles. The molecule has 1 aromatic heterocycles. The minimum absolute atomic E-state index is 0.00463. The van der Waals surface area contributed by atoms with Crippen LogP contribution in [0.1, 0.15) is 37.6 Å². The summed E-state index contributed by atoms with van der Waals surface area (Å²) in [6.07, 6.45) is 0.458. The van der Waals surface area contributed by atoms with Crippen LogP contribution in [-0.4, -0.2) is 5.91 Å². The average molecular weight is 410 g/mol. The zero-order valence-corrected chi connectivity index (χ0v) is 18.1. The van der Waals surface area contributed by atoms with Crippen molar-refractivity contribution in [3.63, 3.8) is 0 Å². The number of rotatable bonds is 3. The first-order valence-corrected chi connectivity index (χ1v) is 11.5. The number of nitrogens with zero attached hydrogens (tertiary/aromatic N) is 1. The average Bonchev–Trinajstić information content (AvgIpc) is 3.06. The van der Waals surface area contributed by atoms with E-state index in [0.717, 1.165) is 21.7 Å². The first-order chi connectivity index (χ1) is 13.4. The van der Waals surface area contributed by atoms with Gasteiger partial charge in [-0.15, -0.1) is 0 Å². The Hall–Kier alpha value is -2.44. The third kappa shape index (κ3) is 3.50. The van der Waals surface area contributed by atoms with Crippen molar-refractivity contribution >= 4 is 43.7 Å². The first-order valence-electron chi connectivity index (χ1n) is 9.35. The molecule has 0 spiro atoms. The number of carbonyl (C=O) groups excluding carboxylic acids is 1. The van der Waals surface area contributed by atoms with Crippen molar-refractivity contribution in [1.82, 2.24) is 0 Å². The molecule has 0 unspecified atom stereocenters. The van der Waals surface area contributed by atoms with Crippen molar-refractivity contribution in [3.05, 3.63) is 57.6 Å². The van der Waals surface area contributed by atoms with Crippen LogP contribution in [0.15, 0.2) is 47.5 Å². The summed E-state index contributed by atoms with van der Waals surface area (Å²) in [5, 5.41) is 6.58. The molecule has 1 aliphatic heterocycles. The maximum Gasteiger partial charge on any atom is 0.224 e. The molecule has 0 bridgehead atoms. The second-order valence-corrected chi connectivity index (χ2v) is 9.67. The van der Waals surface area contributed by atoms with Gasteiger partial charge in [-0.25, -0.2) is 4.99 Å². The van der Waals surface area contributed by atoms with Crippen molar-refractivity contribution < 1.29 is 4.79 Å². The van der Waals surface area contributed by atoms with Crippen molar-refractivity contribution in [3.8, 4) is 11.1 Å². The molecule has 0 radical (unpaired) electrons. The van der Waals surface area contributed by atoms with E-state index in [9.17, 15) is 4.79 Å². The number of aryl methyl sites for hydroxylation is 1. The van der Waals surface area contributed by atoms with E-state index in [-0.39, 0.29) is 11.4 Å². The molecule has 28 heavy (non-hydrogen) atoms. The van der Waals surface area contributed by atoms with Gasteiger partial charge >= 0.3 is 0 Å². The van der Waals surface area contributed by atoms with Crippen LogP contribution in [0.2, 0.25) is 0 Å². The van der Waals surface area contributed by atoms with E-state index < -0.39 is 0 Å². The van der Waals surface area contributed by atoms with E-state index in [0.29, 0.717) is 6.42 Å². The fourth-order valence-electron chi connectivity index (χ4n) is 3.38. The molecule has 2 N–H and O–H groups in total. The summed E-state index contributed by atoms with van der Waals surface area (Å²) in [6.45, 7) is 8.38. The first kappa shape index (κ1) is 18.9. The lowest BCUT2D eigenvalue weighted by atomic mass is 9.89. The minimum Gasteiger partial charge on any atom is -0.375 e. The summed E-state index contributed by atoms with van der Waals surface area (Å²) in [5.41, 5.74) is 6.30. The molecule has 3 aromatic rings. The van der Waals surface area contributed by atoms with E-state index in [1.165, 1.54) is 21.6 Å². The van der Waals surface area contributed by atoms with Gasteiger partial charge in [0.1, 0.15) is 4.67 Å². The highest BCUT2D eigenvalue weighted by atomic mass is 32.9. The fraction of sp³-hybridized carbons (Fsp3) is 0.273. The third-order valence-electron chi connectivity index (χ3n) is 4.79. The second kappa shape index (κ2) is 7.18. The smallest absolute Gasteiger partial charge is 0.224 e. The number of fused-ring (bicyclic) bond motifs is 3. The van der Waals surface area contributed by atoms with Gasteiger partial charge in [0.2, 0.25) is 5.91 Å². The zero-order valence-electron chi connectivity index (χ0n) is 16.4. The lowest BCUT2D eigenvalue weighted by Crippen LogP contribution is -2.31. The largest absolute Gasteiger partial charge is 0.375 e. The van der Waals surface area contributed by atoms with E-state index in [2.05, 4.69) is 49.6 Å². The van der Waals surface area contributed by atoms with Crippen LogP contribution < -0.4 is 15.3 Å². The highest BCUT2D eigenvalue weighted by molar-refractivity contribution is 7.68. The Morgan fingerprint density at radius 1 is 1.18 bits per heavy atom. The molecular formula is C22H23N3OS2. The Morgan fingerprint density at radius 3 is 2.79 bits per heavy atom. The van der Waals surface area contributed by atoms with Gasteiger partial charge in [-0.2, -0.15) is 0 Å². The Bertz CT molecular complexity index is 1120. The number of benzene rings is 2. The van der Waals surface area contributed by atoms with Gasteiger partial charge in [0.05, 0.1) is 16.1 Å². The molecule has 0 atom stereocenters. The number of hydrogen-bond donors (Lipinski definition) is 2. The minimum atomic E-state index is -0.137. The quantitative estimate of drug-likeness (QED) is 0.519. The molecule has 4 rings (SSSR count). The van der Waals surface area contributed by atoms with E-state index in [4.69, 9.17) is 4.99 Å². The van der Waals surface area contributed by atoms with Crippen molar-refractivity contribution in [2.45, 2.75) is 39.7 Å². The summed E-state index contributed by atoms with van der Waals surface area (Å²) in [7, 11) is 3.48. The van der Waals surface area contributed by atoms with Gasteiger partial charge in [-0.3, -0.25) is 4.79 Å². The summed E-state index contributed by atoms with van der Waals surface area (Å²) < 4.78 is 1.01. The number of nitrogens with one attached hydrogen (secondary N) is 2. The van der Waals surface area contributed by atoms with Crippen molar-refractivity contribution in [2.24, 2.45) is 4.99 Å². The number of anilines is 2. The van der Waals surface area contributed by atoms with Crippen LogP contribution >= 0.6 is 20.7 Å². The lowest BCUT2D eigenvalue weighted by molar-refractivity contribution is -0.115. The van der Waals surface area contributed by atoms with E-state index in [1.54, 1.807) is 20.7 Å². The normalized spacial score (nSPS) is 14.8. The van der Waals surface area contributed by atoms with Crippen molar-refractivity contribution in [2.75, 3.05) is 10.6 Å². The maximum atomic E-state index is 11.7. The summed E-state index contributed by atoms with van der Waals surface area (Å²) in [6, 6.07) is 14.2. The van der Waals surface area contributed by atoms with Gasteiger partial charge in [-0.1, -0.05) is 45.8 Å². The highest BCUT2D eigenvalue weighted by Gasteiger charge is 2.33. The molecule has 2 aromatic carbocycles. The predicted octanol–water partition coefficient (Wildman–Crippen LogP) is 6.03. The Balaban J connectivity index is 1.84. The number of hydrogen-bond acceptors (Lipinski definition) is 5. The van der Waals surface area contributed by atoms with Gasteiger partial charge < -0.3 is 10.6 Å². The topological polar surface area (TPSA) is 53.5 Å². The molecule has 2 heterocycles. The molecule has 144 valence electrons. The Kier molecular flexibility index (Phi) is 4.85. The lowest BCUT2D eigenvalue weighted by Gasteiger charge is -2.33. The van der Waals surface area contributed by atoms with Crippen molar-refractivity contribution in [1.29, 1.82) is 0 Å². The van der Waals surface area contributed by atoms with Crippen LogP contribution in [0.5, 0.6) is 0 Å². The zero-order chi connectivity index (χ0) is 19.9. The molecule has 1 amide bonds. The standard InChI is InChI=1S/C22H23N3OS2/c1-5-18(26)23-14-7-6-8-15(12-14)24-21-19-16-10-9-13(2)11-17(16)25-22(3,4)20(19)27-28-21/h6-12,25H,5H2,1-4H3,(H,23,26). The SMILES string of the molecule is CCC(=O)Nc1cccc(N=c2ssc3c2-c2ccc(C)cc2NC3(C)C)c1. The summed E-state index contributed by atoms with van der Waals surface area (Å²) in [5.74, 6) is 0.00463. The molecule has 1 aliphatic rings. The van der Waals surface area contributed by atoms with Crippen LogP contribution in [-0.2, 0) is 10.3 Å². The van der Waals surface area contributed by atoms with Gasteiger partial charge in [0, 0.05) is 28.9 Å². The van der Waals surface area contributed by atoms with Crippen LogP contribution in [0.4, 0.5) is 17.1 Å². The van der Waals surface area contributed by atoms with Crippen LogP contribution in [0, 0.1) is 6.92 Å². The monoisotopic (exact) mass is 409 g/mol. The fourth-order valence-corrected chi connectivity index (χ4v) is 6.32. The van der Waals surface area contributed by atoms with Gasteiger partial charge in [-0.05, 0) is 50.6 Å². The molecular weight excluding hydrogens is 386 g/mol. The molecule has 4 nitrogen and oxygen atoms in total. The molecule has 0 aliphatic carbocycles. The summed E-state index contributed by atoms with van der Waals surface area (Å²) >= 11 is 0. The highest BCUT2D eigenvalue weighted by Crippen LogP contribution is 2.45. The van der Waals surface area contributed by atoms with Crippen LogP contribution in [0.25, 0.3) is 11.1 Å². The molecule has 0 saturated carbocycles. The van der Waals surface area contributed by atoms with E-state index >= 15 is 0 Å². The maximum absolute atomic E-state index is 11.7. The van der Waals surface area contributed by atoms with Gasteiger partial charge in [0.15, 0.2) is 0 Å². The Morgan fingerprint density at radius 2 is 2.00 bits per heavy atom. The number of amides is 1. The van der Waals surface area contributed by atoms with E-state index in [1.807, 2.05) is 31.2 Å². The number of carbonyl (C=O) groups is 1. The second-order valence-electron chi connectivity index (χ2n) is 7.54. The molecule has 6 heteroatoms. The van der Waals surface area contributed by atoms with Gasteiger partial charge in [0.25, 0.3) is 0 Å². The summed E-state index contributed by atoms with van der Waals surface area (Å²) in [4.78, 5) is 17.9. The third-order valence-corrected chi connectivity index (χ3v) is 7.43. The molecule has 0 fully saturated rings. The predicted molar refractivity (Wildman–Crippen MR) is 120 cm³/mol. The van der Waals surface area contributed by atoms with Crippen LogP contribution in [0.3, 0.4) is 0 Å². The Labute approximate surface area is 172 Å².